The molecule has 0 aliphatic carbocycles. The summed E-state index contributed by atoms with van der Waals surface area (Å²) >= 11 is 0. The molecule has 164 valence electrons. The molecule has 0 N–H and O–H groups in total. The third-order valence-corrected chi connectivity index (χ3v) is 5.58. The van der Waals surface area contributed by atoms with Gasteiger partial charge in [0.15, 0.2) is 0 Å². The fraction of sp³-hybridized carbons (Fsp3) is 0.276. The predicted octanol–water partition coefficient (Wildman–Crippen LogP) is 7.62. The Bertz CT molecular complexity index is 1160. The number of unbranched alkanes of at least 4 members (excludes halogenated alkanes) is 1. The van der Waals surface area contributed by atoms with Crippen molar-refractivity contribution in [2.75, 3.05) is 0 Å². The number of fused-ring (bicyclic) bond motifs is 1. The lowest BCUT2D eigenvalue weighted by Crippen LogP contribution is -1.98. The fourth-order valence-corrected chi connectivity index (χ4v) is 3.29. The summed E-state index contributed by atoms with van der Waals surface area (Å²) in [7, 11) is 0. The van der Waals surface area contributed by atoms with E-state index in [0.717, 1.165) is 51.1 Å². The third-order valence-electron chi connectivity index (χ3n) is 5.58. The zero-order valence-electron chi connectivity index (χ0n) is 19.4. The molecule has 0 aromatic heterocycles. The summed E-state index contributed by atoms with van der Waals surface area (Å²) in [5.74, 6) is 4.35. The van der Waals surface area contributed by atoms with Gasteiger partial charge in [-0.15, -0.1) is 6.42 Å². The Morgan fingerprint density at radius 3 is 2.38 bits per heavy atom. The highest BCUT2D eigenvalue weighted by molar-refractivity contribution is 6.01. The first-order chi connectivity index (χ1) is 15.5. The van der Waals surface area contributed by atoms with Crippen molar-refractivity contribution in [3.63, 3.8) is 0 Å². The van der Waals surface area contributed by atoms with Gasteiger partial charge in [-0.1, -0.05) is 54.8 Å². The maximum absolute atomic E-state index is 5.97. The van der Waals surface area contributed by atoms with Gasteiger partial charge < -0.3 is 9.57 Å². The van der Waals surface area contributed by atoms with Gasteiger partial charge in [-0.2, -0.15) is 0 Å². The summed E-state index contributed by atoms with van der Waals surface area (Å²) in [5, 5.41) is 6.60. The number of benzene rings is 3. The quantitative estimate of drug-likeness (QED) is 0.153. The fourth-order valence-electron chi connectivity index (χ4n) is 3.29. The van der Waals surface area contributed by atoms with Gasteiger partial charge in [0, 0.05) is 5.56 Å². The first-order valence-corrected chi connectivity index (χ1v) is 11.1. The number of allylic oxidation sites excluding steroid dienone is 2. The molecule has 3 heteroatoms. The van der Waals surface area contributed by atoms with Gasteiger partial charge in [-0.05, 0) is 91.4 Å². The lowest BCUT2D eigenvalue weighted by Gasteiger charge is -2.09. The highest BCUT2D eigenvalue weighted by Crippen LogP contribution is 2.23. The molecule has 3 aromatic carbocycles. The minimum atomic E-state index is 0.502. The van der Waals surface area contributed by atoms with Crippen molar-refractivity contribution in [2.24, 2.45) is 5.16 Å². The van der Waals surface area contributed by atoms with Crippen LogP contribution in [0, 0.1) is 12.3 Å². The molecular formula is C29H31NO2. The largest absolute Gasteiger partial charge is 0.489 e. The van der Waals surface area contributed by atoms with Gasteiger partial charge >= 0.3 is 0 Å². The SMILES string of the molecule is C#Cc1ccc(COc2ccc3cc(/C(C)=N/O/C(C)=C(\C)CCCC)ccc3c2)cc1. The van der Waals surface area contributed by atoms with Gasteiger partial charge in [0.25, 0.3) is 0 Å². The summed E-state index contributed by atoms with van der Waals surface area (Å²) in [5.41, 5.74) is 5.10. The molecule has 0 amide bonds. The van der Waals surface area contributed by atoms with E-state index in [1.54, 1.807) is 0 Å². The smallest absolute Gasteiger partial charge is 0.130 e. The van der Waals surface area contributed by atoms with E-state index < -0.39 is 0 Å². The number of ether oxygens (including phenoxy) is 1. The Morgan fingerprint density at radius 1 is 0.938 bits per heavy atom. The number of nitrogens with zero attached hydrogens (tertiary/aromatic N) is 1. The van der Waals surface area contributed by atoms with Crippen molar-refractivity contribution in [1.29, 1.82) is 0 Å². The van der Waals surface area contributed by atoms with Gasteiger partial charge in [-0.25, -0.2) is 0 Å². The predicted molar refractivity (Wildman–Crippen MR) is 134 cm³/mol. The van der Waals surface area contributed by atoms with Crippen LogP contribution in [0.5, 0.6) is 5.75 Å². The molecule has 3 rings (SSSR count). The average molecular weight is 426 g/mol. The van der Waals surface area contributed by atoms with Gasteiger partial charge in [0.2, 0.25) is 0 Å². The van der Waals surface area contributed by atoms with Crippen molar-refractivity contribution in [2.45, 2.75) is 53.6 Å². The normalized spacial score (nSPS) is 12.3. The third kappa shape index (κ3) is 6.25. The number of rotatable bonds is 9. The van der Waals surface area contributed by atoms with E-state index >= 15 is 0 Å². The Kier molecular flexibility index (Phi) is 8.11. The zero-order chi connectivity index (χ0) is 22.9. The van der Waals surface area contributed by atoms with Crippen LogP contribution in [-0.2, 0) is 11.4 Å². The van der Waals surface area contributed by atoms with Gasteiger partial charge in [0.1, 0.15) is 18.1 Å². The topological polar surface area (TPSA) is 30.8 Å². The lowest BCUT2D eigenvalue weighted by atomic mass is 10.0. The van der Waals surface area contributed by atoms with Crippen LogP contribution in [0.1, 0.15) is 63.6 Å². The van der Waals surface area contributed by atoms with E-state index in [0.29, 0.717) is 6.61 Å². The second-order valence-electron chi connectivity index (χ2n) is 8.06. The van der Waals surface area contributed by atoms with Gasteiger partial charge in [0.05, 0.1) is 5.71 Å². The molecule has 32 heavy (non-hydrogen) atoms. The summed E-state index contributed by atoms with van der Waals surface area (Å²) in [6.07, 6.45) is 8.80. The molecule has 3 nitrogen and oxygen atoms in total. The molecule has 0 unspecified atom stereocenters. The van der Waals surface area contributed by atoms with E-state index in [-0.39, 0.29) is 0 Å². The minimum Gasteiger partial charge on any atom is -0.489 e. The highest BCUT2D eigenvalue weighted by Gasteiger charge is 2.04. The molecular weight excluding hydrogens is 394 g/mol. The van der Waals surface area contributed by atoms with E-state index in [1.807, 2.05) is 44.2 Å². The van der Waals surface area contributed by atoms with E-state index in [2.05, 4.69) is 55.3 Å². The van der Waals surface area contributed by atoms with Gasteiger partial charge in [-0.3, -0.25) is 0 Å². The first kappa shape index (κ1) is 23.2. The minimum absolute atomic E-state index is 0.502. The molecule has 0 fully saturated rings. The van der Waals surface area contributed by atoms with Crippen LogP contribution < -0.4 is 4.74 Å². The molecule has 0 saturated heterocycles. The molecule has 0 spiro atoms. The number of hydrogen-bond acceptors (Lipinski definition) is 3. The van der Waals surface area contributed by atoms with Crippen LogP contribution in [0.2, 0.25) is 0 Å². The molecule has 0 aliphatic rings. The standard InChI is InChI=1S/C29H31NO2/c1-6-8-9-21(3)23(5)32-30-22(4)26-14-15-28-19-29(17-16-27(28)18-26)31-20-25-12-10-24(7-2)11-13-25/h2,10-19H,6,8-9,20H2,1,3-5H3/b23-21+,30-22+. The van der Waals surface area contributed by atoms with E-state index in [1.165, 1.54) is 18.4 Å². The van der Waals surface area contributed by atoms with E-state index in [4.69, 9.17) is 16.0 Å². The Balaban J connectivity index is 1.67. The van der Waals surface area contributed by atoms with Crippen molar-refractivity contribution < 1.29 is 9.57 Å². The van der Waals surface area contributed by atoms with E-state index in [9.17, 15) is 0 Å². The van der Waals surface area contributed by atoms with Crippen molar-refractivity contribution in [1.82, 2.24) is 0 Å². The second kappa shape index (κ2) is 11.2. The molecule has 0 heterocycles. The van der Waals surface area contributed by atoms with Crippen LogP contribution in [0.3, 0.4) is 0 Å². The number of terminal acetylenes is 1. The molecule has 0 radical (unpaired) electrons. The molecule has 0 bridgehead atoms. The monoisotopic (exact) mass is 425 g/mol. The first-order valence-electron chi connectivity index (χ1n) is 11.1. The number of hydrogen-bond donors (Lipinski definition) is 0. The molecule has 0 atom stereocenters. The zero-order valence-corrected chi connectivity index (χ0v) is 19.4. The Labute approximate surface area is 191 Å². The van der Waals surface area contributed by atoms with Crippen LogP contribution in [0.15, 0.2) is 77.2 Å². The van der Waals surface area contributed by atoms with Crippen LogP contribution in [0.4, 0.5) is 0 Å². The average Bonchev–Trinajstić information content (AvgIpc) is 2.84. The van der Waals surface area contributed by atoms with Crippen molar-refractivity contribution in [3.05, 3.63) is 88.7 Å². The Morgan fingerprint density at radius 2 is 1.66 bits per heavy atom. The second-order valence-corrected chi connectivity index (χ2v) is 8.06. The summed E-state index contributed by atoms with van der Waals surface area (Å²) in [4.78, 5) is 5.67. The number of oxime groups is 1. The van der Waals surface area contributed by atoms with Crippen LogP contribution in [-0.4, -0.2) is 5.71 Å². The lowest BCUT2D eigenvalue weighted by molar-refractivity contribution is 0.224. The van der Waals surface area contributed by atoms with Crippen LogP contribution >= 0.6 is 0 Å². The maximum atomic E-state index is 5.97. The Hall–Kier alpha value is -3.51. The maximum Gasteiger partial charge on any atom is 0.130 e. The highest BCUT2D eigenvalue weighted by atomic mass is 16.6. The van der Waals surface area contributed by atoms with Crippen LogP contribution in [0.25, 0.3) is 10.8 Å². The molecule has 3 aromatic rings. The summed E-state index contributed by atoms with van der Waals surface area (Å²) in [6.45, 7) is 8.76. The van der Waals surface area contributed by atoms with Crippen molar-refractivity contribution in [3.8, 4) is 18.1 Å². The summed E-state index contributed by atoms with van der Waals surface area (Å²) < 4.78 is 5.97. The van der Waals surface area contributed by atoms with Crippen molar-refractivity contribution >= 4 is 16.5 Å². The summed E-state index contributed by atoms with van der Waals surface area (Å²) in [6, 6.07) is 20.3. The molecule has 0 saturated carbocycles. The molecule has 0 aliphatic heterocycles.